The van der Waals surface area contributed by atoms with E-state index in [1.165, 1.54) is 16.2 Å². The van der Waals surface area contributed by atoms with E-state index in [-0.39, 0.29) is 11.8 Å². The first-order chi connectivity index (χ1) is 12.7. The van der Waals surface area contributed by atoms with Crippen molar-refractivity contribution in [3.63, 3.8) is 0 Å². The number of anilines is 1. The number of imide groups is 1. The fraction of sp³-hybridized carbons (Fsp3) is 0.333. The van der Waals surface area contributed by atoms with Crippen LogP contribution in [-0.4, -0.2) is 47.3 Å². The van der Waals surface area contributed by atoms with Crippen molar-refractivity contribution in [1.29, 1.82) is 0 Å². The van der Waals surface area contributed by atoms with Gasteiger partial charge in [-0.2, -0.15) is 0 Å². The molecule has 4 rings (SSSR count). The monoisotopic (exact) mass is 369 g/mol. The minimum absolute atomic E-state index is 0.201. The summed E-state index contributed by atoms with van der Waals surface area (Å²) in [4.78, 5) is 34.9. The topological polar surface area (TPSA) is 86.7 Å². The average molecular weight is 369 g/mol. The van der Waals surface area contributed by atoms with Crippen LogP contribution in [0.2, 0.25) is 0 Å². The number of nitrogens with one attached hydrogen (secondary N) is 2. The Morgan fingerprint density at radius 2 is 1.96 bits per heavy atom. The number of aliphatic imine (C=N–C) groups is 1. The van der Waals surface area contributed by atoms with Crippen molar-refractivity contribution in [2.24, 2.45) is 4.99 Å². The molecule has 8 heteroatoms. The summed E-state index contributed by atoms with van der Waals surface area (Å²) >= 11 is 1.53. The normalized spacial score (nSPS) is 16.3. The molecule has 0 saturated carbocycles. The lowest BCUT2D eigenvalue weighted by molar-refractivity contribution is 0.0652. The summed E-state index contributed by atoms with van der Waals surface area (Å²) in [6, 6.07) is 6.97. The van der Waals surface area contributed by atoms with E-state index in [4.69, 9.17) is 0 Å². The molecule has 2 aliphatic rings. The third-order valence-electron chi connectivity index (χ3n) is 4.37. The number of benzene rings is 1. The molecule has 0 saturated heterocycles. The summed E-state index contributed by atoms with van der Waals surface area (Å²) in [6.07, 6.45) is 2.45. The van der Waals surface area contributed by atoms with Gasteiger partial charge in [-0.1, -0.05) is 12.1 Å². The highest BCUT2D eigenvalue weighted by atomic mass is 32.1. The van der Waals surface area contributed by atoms with E-state index in [0.717, 1.165) is 36.3 Å². The number of fused-ring (bicyclic) bond motifs is 1. The van der Waals surface area contributed by atoms with Crippen molar-refractivity contribution < 1.29 is 9.59 Å². The molecule has 2 aromatic rings. The predicted octanol–water partition coefficient (Wildman–Crippen LogP) is 2.13. The van der Waals surface area contributed by atoms with E-state index in [0.29, 0.717) is 30.5 Å². The Balaban J connectivity index is 1.31. The number of amides is 2. The van der Waals surface area contributed by atoms with Crippen LogP contribution in [0, 0.1) is 0 Å². The Hall–Kier alpha value is -2.74. The van der Waals surface area contributed by atoms with E-state index in [9.17, 15) is 9.59 Å². The largest absolute Gasteiger partial charge is 0.356 e. The number of aryl methyl sites for hydroxylation is 1. The van der Waals surface area contributed by atoms with Crippen LogP contribution in [0.4, 0.5) is 5.13 Å². The third kappa shape index (κ3) is 3.32. The Morgan fingerprint density at radius 1 is 1.19 bits per heavy atom. The number of hydrogen-bond acceptors (Lipinski definition) is 7. The third-order valence-corrected chi connectivity index (χ3v) is 5.17. The first-order valence-electron chi connectivity index (χ1n) is 8.67. The lowest BCUT2D eigenvalue weighted by Crippen LogP contribution is -2.35. The molecule has 2 N–H and O–H groups in total. The summed E-state index contributed by atoms with van der Waals surface area (Å²) in [5.41, 5.74) is 1.95. The zero-order valence-electron chi connectivity index (χ0n) is 14.2. The van der Waals surface area contributed by atoms with Crippen molar-refractivity contribution >= 4 is 34.2 Å². The minimum atomic E-state index is -0.201. The number of carbonyl (C=O) groups excluding carboxylic acids is 2. The van der Waals surface area contributed by atoms with Crippen LogP contribution in [0.3, 0.4) is 0 Å². The van der Waals surface area contributed by atoms with Gasteiger partial charge in [0.2, 0.25) is 0 Å². The van der Waals surface area contributed by atoms with E-state index >= 15 is 0 Å². The highest BCUT2D eigenvalue weighted by molar-refractivity contribution is 7.13. The quantitative estimate of drug-likeness (QED) is 0.789. The summed E-state index contributed by atoms with van der Waals surface area (Å²) in [5.74, 6) is 0.364. The number of aromatic nitrogens is 1. The summed E-state index contributed by atoms with van der Waals surface area (Å²) in [7, 11) is 0. The van der Waals surface area contributed by atoms with Crippen LogP contribution in [-0.2, 0) is 6.42 Å². The molecular formula is C18H19N5O2S. The molecule has 3 heterocycles. The van der Waals surface area contributed by atoms with Gasteiger partial charge in [-0.05, 0) is 31.4 Å². The average Bonchev–Trinajstić information content (AvgIpc) is 3.21. The highest BCUT2D eigenvalue weighted by Gasteiger charge is 2.34. The number of guanidine groups is 1. The number of rotatable bonds is 5. The Bertz CT molecular complexity index is 841. The summed E-state index contributed by atoms with van der Waals surface area (Å²) < 4.78 is 0. The first kappa shape index (κ1) is 16.7. The van der Waals surface area contributed by atoms with Gasteiger partial charge in [0.15, 0.2) is 11.1 Å². The van der Waals surface area contributed by atoms with Crippen molar-refractivity contribution in [3.8, 4) is 0 Å². The second kappa shape index (κ2) is 7.25. The van der Waals surface area contributed by atoms with Crippen molar-refractivity contribution in [3.05, 3.63) is 46.5 Å². The fourth-order valence-corrected chi connectivity index (χ4v) is 3.80. The van der Waals surface area contributed by atoms with E-state index in [1.807, 2.05) is 5.38 Å². The molecule has 0 atom stereocenters. The minimum Gasteiger partial charge on any atom is -0.356 e. The molecule has 1 aromatic carbocycles. The number of thiazole rings is 1. The first-order valence-corrected chi connectivity index (χ1v) is 9.55. The van der Waals surface area contributed by atoms with Gasteiger partial charge in [0.25, 0.3) is 11.8 Å². The molecule has 0 fully saturated rings. The molecule has 0 bridgehead atoms. The zero-order chi connectivity index (χ0) is 17.9. The lowest BCUT2D eigenvalue weighted by Gasteiger charge is -2.14. The maximum absolute atomic E-state index is 12.3. The van der Waals surface area contributed by atoms with Crippen molar-refractivity contribution in [2.75, 3.05) is 25.0 Å². The number of carbonyl (C=O) groups is 2. The number of hydrogen-bond donors (Lipinski definition) is 2. The molecule has 7 nitrogen and oxygen atoms in total. The van der Waals surface area contributed by atoms with E-state index < -0.39 is 0 Å². The van der Waals surface area contributed by atoms with Gasteiger partial charge in [0.1, 0.15) is 0 Å². The molecule has 1 aromatic heterocycles. The van der Waals surface area contributed by atoms with Gasteiger partial charge in [0.05, 0.1) is 16.8 Å². The lowest BCUT2D eigenvalue weighted by atomic mass is 10.1. The van der Waals surface area contributed by atoms with Gasteiger partial charge in [-0.25, -0.2) is 4.98 Å². The molecule has 2 aliphatic heterocycles. The van der Waals surface area contributed by atoms with Crippen LogP contribution in [0.1, 0.15) is 39.3 Å². The summed E-state index contributed by atoms with van der Waals surface area (Å²) in [5, 5.41) is 9.18. The summed E-state index contributed by atoms with van der Waals surface area (Å²) in [6.45, 7) is 2.15. The Morgan fingerprint density at radius 3 is 2.65 bits per heavy atom. The highest BCUT2D eigenvalue weighted by Crippen LogP contribution is 2.23. The Labute approximate surface area is 155 Å². The van der Waals surface area contributed by atoms with Crippen LogP contribution < -0.4 is 10.6 Å². The van der Waals surface area contributed by atoms with Gasteiger partial charge >= 0.3 is 0 Å². The maximum Gasteiger partial charge on any atom is 0.261 e. The molecule has 0 unspecified atom stereocenters. The molecule has 0 aliphatic carbocycles. The molecular weight excluding hydrogens is 350 g/mol. The van der Waals surface area contributed by atoms with Gasteiger partial charge in [-0.3, -0.25) is 19.5 Å². The van der Waals surface area contributed by atoms with E-state index in [2.05, 4.69) is 20.6 Å². The molecule has 2 amide bonds. The molecule has 26 heavy (non-hydrogen) atoms. The van der Waals surface area contributed by atoms with Gasteiger partial charge in [-0.15, -0.1) is 11.3 Å². The smallest absolute Gasteiger partial charge is 0.261 e. The fourth-order valence-electron chi connectivity index (χ4n) is 3.06. The predicted molar refractivity (Wildman–Crippen MR) is 101 cm³/mol. The van der Waals surface area contributed by atoms with Crippen LogP contribution in [0.15, 0.2) is 34.6 Å². The second-order valence-electron chi connectivity index (χ2n) is 6.19. The van der Waals surface area contributed by atoms with E-state index in [1.54, 1.807) is 24.3 Å². The molecule has 0 spiro atoms. The molecule has 0 radical (unpaired) electrons. The van der Waals surface area contributed by atoms with Crippen LogP contribution in [0.25, 0.3) is 0 Å². The van der Waals surface area contributed by atoms with Crippen molar-refractivity contribution in [1.82, 2.24) is 15.2 Å². The SMILES string of the molecule is O=C1c2ccccc2C(=O)N1CCCc1csc(NC2=NCCCN2)n1. The van der Waals surface area contributed by atoms with Gasteiger partial charge in [0, 0.05) is 25.0 Å². The zero-order valence-corrected chi connectivity index (χ0v) is 15.0. The van der Waals surface area contributed by atoms with Crippen LogP contribution >= 0.6 is 11.3 Å². The standard InChI is InChI=1S/C18H19N5O2S/c24-15-13-6-1-2-7-14(13)16(25)23(15)10-3-5-12-11-26-18(21-12)22-17-19-8-4-9-20-17/h1-2,6-7,11H,3-5,8-10H2,(H2,19,20,21,22). The number of nitrogens with zero attached hydrogens (tertiary/aromatic N) is 3. The second-order valence-corrected chi connectivity index (χ2v) is 7.05. The maximum atomic E-state index is 12.3. The van der Waals surface area contributed by atoms with Crippen LogP contribution in [0.5, 0.6) is 0 Å². The van der Waals surface area contributed by atoms with Crippen molar-refractivity contribution in [2.45, 2.75) is 19.3 Å². The Kier molecular flexibility index (Phi) is 4.66. The molecule has 134 valence electrons. The van der Waals surface area contributed by atoms with Gasteiger partial charge < -0.3 is 10.6 Å².